The third kappa shape index (κ3) is 3.57. The molecule has 9 aromatic rings. The van der Waals surface area contributed by atoms with Gasteiger partial charge in [-0.25, -0.2) is 4.98 Å². The molecule has 1 unspecified atom stereocenters. The van der Waals surface area contributed by atoms with Crippen molar-refractivity contribution in [3.05, 3.63) is 191 Å². The van der Waals surface area contributed by atoms with E-state index in [1.54, 1.807) is 0 Å². The summed E-state index contributed by atoms with van der Waals surface area (Å²) in [7, 11) is 0. The second kappa shape index (κ2) is 9.99. The normalized spacial score (nSPS) is 15.4. The molecule has 0 amide bonds. The van der Waals surface area contributed by atoms with E-state index >= 15 is 0 Å². The fraction of sp³-hybridized carbons (Fsp3) is 0.0217. The average Bonchev–Trinajstić information content (AvgIpc) is 3.90. The van der Waals surface area contributed by atoms with Crippen molar-refractivity contribution >= 4 is 32.5 Å². The van der Waals surface area contributed by atoms with Gasteiger partial charge in [-0.3, -0.25) is 4.57 Å². The summed E-state index contributed by atoms with van der Waals surface area (Å²) in [5.74, 6) is 0.948. The number of hydrogen-bond acceptors (Lipinski definition) is 2. The van der Waals surface area contributed by atoms with E-state index in [0.717, 1.165) is 28.1 Å². The van der Waals surface area contributed by atoms with Gasteiger partial charge in [-0.2, -0.15) is 0 Å². The number of nitrogens with zero attached hydrogens (tertiary/aromatic N) is 2. The van der Waals surface area contributed by atoms with Crippen molar-refractivity contribution in [3.8, 4) is 50.5 Å². The van der Waals surface area contributed by atoms with Gasteiger partial charge >= 0.3 is 0 Å². The van der Waals surface area contributed by atoms with E-state index in [0.29, 0.717) is 0 Å². The van der Waals surface area contributed by atoms with Crippen LogP contribution in [0.25, 0.3) is 71.6 Å². The smallest absolute Gasteiger partial charge is 0.145 e. The molecule has 11 rings (SSSR count). The van der Waals surface area contributed by atoms with Crippen LogP contribution in [0.5, 0.6) is 0 Å². The number of benzene rings is 7. The van der Waals surface area contributed by atoms with Crippen molar-refractivity contribution in [2.24, 2.45) is 0 Å². The summed E-state index contributed by atoms with van der Waals surface area (Å²) < 4.78 is 3.66. The summed E-state index contributed by atoms with van der Waals surface area (Å²) in [6.07, 6.45) is 0. The minimum absolute atomic E-state index is 0.354. The van der Waals surface area contributed by atoms with Gasteiger partial charge in [0.05, 0.1) is 16.4 Å². The van der Waals surface area contributed by atoms with Crippen molar-refractivity contribution < 1.29 is 0 Å². The quantitative estimate of drug-likeness (QED) is 0.188. The van der Waals surface area contributed by atoms with Gasteiger partial charge in [-0.05, 0) is 80.9 Å². The molecule has 7 aromatic carbocycles. The molecule has 1 atom stereocenters. The third-order valence-electron chi connectivity index (χ3n) is 10.6. The second-order valence-corrected chi connectivity index (χ2v) is 14.1. The molecule has 228 valence electrons. The highest BCUT2D eigenvalue weighted by Gasteiger charge is 2.53. The van der Waals surface area contributed by atoms with Gasteiger partial charge in [0.25, 0.3) is 0 Å². The molecule has 49 heavy (non-hydrogen) atoms. The zero-order chi connectivity index (χ0) is 32.1. The van der Waals surface area contributed by atoms with Gasteiger partial charge in [0.1, 0.15) is 5.82 Å². The fourth-order valence-electron chi connectivity index (χ4n) is 8.60. The Bertz CT molecular complexity index is 2770. The molecule has 0 bridgehead atoms. The van der Waals surface area contributed by atoms with Crippen LogP contribution in [0.1, 0.15) is 21.6 Å². The lowest BCUT2D eigenvalue weighted by Gasteiger charge is -2.29. The predicted octanol–water partition coefficient (Wildman–Crippen LogP) is 11.9. The van der Waals surface area contributed by atoms with Crippen molar-refractivity contribution in [1.82, 2.24) is 9.55 Å². The van der Waals surface area contributed by atoms with Crippen LogP contribution in [0.3, 0.4) is 0 Å². The fourth-order valence-corrected chi connectivity index (χ4v) is 10.1. The first-order chi connectivity index (χ1) is 24.3. The maximum absolute atomic E-state index is 5.28. The van der Waals surface area contributed by atoms with E-state index in [4.69, 9.17) is 4.98 Å². The van der Waals surface area contributed by atoms with Crippen molar-refractivity contribution in [3.63, 3.8) is 0 Å². The first-order valence-corrected chi connectivity index (χ1v) is 17.6. The Balaban J connectivity index is 1.15. The summed E-state index contributed by atoms with van der Waals surface area (Å²) in [6, 6.07) is 62.0. The van der Waals surface area contributed by atoms with Gasteiger partial charge in [0.2, 0.25) is 0 Å². The first kappa shape index (κ1) is 27.0. The Morgan fingerprint density at radius 3 is 1.98 bits per heavy atom. The number of rotatable bonds is 3. The van der Waals surface area contributed by atoms with Crippen LogP contribution in [0.15, 0.2) is 170 Å². The predicted molar refractivity (Wildman–Crippen MR) is 204 cm³/mol. The highest BCUT2D eigenvalue weighted by atomic mass is 32.1. The van der Waals surface area contributed by atoms with Crippen LogP contribution in [0.4, 0.5) is 0 Å². The van der Waals surface area contributed by atoms with Crippen LogP contribution < -0.4 is 0 Å². The number of hydrogen-bond donors (Lipinski definition) is 0. The molecule has 0 aliphatic heterocycles. The number of fused-ring (bicyclic) bond motifs is 13. The lowest BCUT2D eigenvalue weighted by molar-refractivity contribution is 0.811. The molecule has 3 heteroatoms. The Labute approximate surface area is 288 Å². The minimum atomic E-state index is -0.354. The molecule has 0 N–H and O–H groups in total. The highest BCUT2D eigenvalue weighted by molar-refractivity contribution is 7.20. The number of thiophene rings is 1. The maximum Gasteiger partial charge on any atom is 0.145 e. The number of aromatic nitrogens is 2. The Morgan fingerprint density at radius 1 is 0.490 bits per heavy atom. The van der Waals surface area contributed by atoms with Gasteiger partial charge in [-0.1, -0.05) is 133 Å². The molecule has 1 spiro atoms. The van der Waals surface area contributed by atoms with Crippen molar-refractivity contribution in [2.75, 3.05) is 0 Å². The second-order valence-electron chi connectivity index (χ2n) is 13.1. The van der Waals surface area contributed by atoms with Crippen LogP contribution in [-0.4, -0.2) is 9.55 Å². The molecule has 2 aromatic heterocycles. The Kier molecular flexibility index (Phi) is 5.50. The molecule has 0 radical (unpaired) electrons. The summed E-state index contributed by atoms with van der Waals surface area (Å²) in [6.45, 7) is 0. The van der Waals surface area contributed by atoms with Crippen LogP contribution in [0.2, 0.25) is 0 Å². The molecular weight excluding hydrogens is 613 g/mol. The summed E-state index contributed by atoms with van der Waals surface area (Å²) in [5, 5.41) is 1.35. The Morgan fingerprint density at radius 2 is 1.12 bits per heavy atom. The zero-order valence-electron chi connectivity index (χ0n) is 26.5. The third-order valence-corrected chi connectivity index (χ3v) is 11.9. The maximum atomic E-state index is 5.28. The van der Waals surface area contributed by atoms with Crippen LogP contribution in [0, 0.1) is 0 Å². The van der Waals surface area contributed by atoms with Crippen molar-refractivity contribution in [2.45, 2.75) is 5.41 Å². The van der Waals surface area contributed by atoms with Crippen LogP contribution in [-0.2, 0) is 5.41 Å². The molecule has 0 fully saturated rings. The van der Waals surface area contributed by atoms with E-state index in [-0.39, 0.29) is 5.41 Å². The Hall–Kier alpha value is -6.03. The lowest BCUT2D eigenvalue weighted by Crippen LogP contribution is -2.24. The largest absolute Gasteiger partial charge is 0.292 e. The van der Waals surface area contributed by atoms with Crippen molar-refractivity contribution in [1.29, 1.82) is 0 Å². The summed E-state index contributed by atoms with van der Waals surface area (Å²) in [4.78, 5) is 6.71. The lowest BCUT2D eigenvalue weighted by atomic mass is 9.74. The van der Waals surface area contributed by atoms with Crippen LogP contribution >= 0.6 is 11.3 Å². The number of imidazole rings is 1. The minimum Gasteiger partial charge on any atom is -0.292 e. The molecule has 2 aliphatic carbocycles. The van der Waals surface area contributed by atoms with E-state index < -0.39 is 0 Å². The highest BCUT2D eigenvalue weighted by Crippen LogP contribution is 2.66. The molecule has 2 heterocycles. The summed E-state index contributed by atoms with van der Waals surface area (Å²) in [5.41, 5.74) is 15.8. The van der Waals surface area contributed by atoms with E-state index in [1.807, 2.05) is 11.3 Å². The molecule has 0 saturated carbocycles. The van der Waals surface area contributed by atoms with E-state index in [2.05, 4.69) is 174 Å². The SMILES string of the molecule is c1ccc(-c2ccc(-n3c(-c4ccc5c(c4)-c4ccccc4C54c5ccccc5-c5c4sc4ccccc54)nc4ccccc43)cc2)cc1. The van der Waals surface area contributed by atoms with E-state index in [9.17, 15) is 0 Å². The van der Waals surface area contributed by atoms with Gasteiger partial charge in [0.15, 0.2) is 0 Å². The molecule has 2 nitrogen and oxygen atoms in total. The topological polar surface area (TPSA) is 17.8 Å². The van der Waals surface area contributed by atoms with E-state index in [1.165, 1.54) is 65.0 Å². The molecular formula is C46H28N2S. The van der Waals surface area contributed by atoms with Gasteiger partial charge in [-0.15, -0.1) is 11.3 Å². The zero-order valence-corrected chi connectivity index (χ0v) is 27.3. The van der Waals surface area contributed by atoms with Gasteiger partial charge < -0.3 is 0 Å². The average molecular weight is 641 g/mol. The van der Waals surface area contributed by atoms with Gasteiger partial charge in [0, 0.05) is 31.8 Å². The summed E-state index contributed by atoms with van der Waals surface area (Å²) >= 11 is 1.95. The molecule has 2 aliphatic rings. The number of para-hydroxylation sites is 2. The monoisotopic (exact) mass is 640 g/mol. The molecule has 0 saturated heterocycles. The first-order valence-electron chi connectivity index (χ1n) is 16.8. The standard InChI is InChI=1S/C46H28N2S/c1-2-12-29(13-3-1)30-22-25-32(26-23-30)48-41-20-10-9-19-40(41)47-45(48)31-24-27-39-36(28-31)33-14-4-7-17-37(33)46(39)38-18-8-5-15-34(38)43-35-16-6-11-21-42(35)49-44(43)46/h1-28H.